The first kappa shape index (κ1) is 17.4. The second-order valence-electron chi connectivity index (χ2n) is 5.54. The molecule has 1 atom stereocenters. The molecule has 2 aromatic rings. The van der Waals surface area contributed by atoms with Gasteiger partial charge in [-0.25, -0.2) is 0 Å². The molecular formula is C17H18ClHgNO2. The number of anilines is 1. The maximum absolute atomic E-state index is 12.2. The van der Waals surface area contributed by atoms with Crippen LogP contribution in [0.3, 0.4) is 0 Å². The van der Waals surface area contributed by atoms with Crippen molar-refractivity contribution in [3.8, 4) is 0 Å². The first-order valence-corrected chi connectivity index (χ1v) is 16.8. The summed E-state index contributed by atoms with van der Waals surface area (Å²) < 4.78 is 1.28. The molecule has 0 saturated carbocycles. The van der Waals surface area contributed by atoms with E-state index in [0.29, 0.717) is 18.5 Å². The number of halogens is 1. The molecule has 2 aromatic carbocycles. The number of hydrogen-bond acceptors (Lipinski definition) is 2. The van der Waals surface area contributed by atoms with E-state index in [9.17, 15) is 9.90 Å². The van der Waals surface area contributed by atoms with E-state index in [0.717, 1.165) is 5.56 Å². The molecule has 2 N–H and O–H groups in total. The summed E-state index contributed by atoms with van der Waals surface area (Å²) >= 11 is -1.34. The van der Waals surface area contributed by atoms with Gasteiger partial charge in [-0.15, -0.1) is 0 Å². The van der Waals surface area contributed by atoms with Crippen LogP contribution in [0.1, 0.15) is 18.9 Å². The van der Waals surface area contributed by atoms with Crippen molar-refractivity contribution in [3.05, 3.63) is 60.2 Å². The van der Waals surface area contributed by atoms with Crippen LogP contribution in [-0.4, -0.2) is 16.6 Å². The predicted octanol–water partition coefficient (Wildman–Crippen LogP) is 2.87. The number of carbonyl (C=O) groups is 1. The Morgan fingerprint density at radius 2 is 1.82 bits per heavy atom. The van der Waals surface area contributed by atoms with Gasteiger partial charge in [0.25, 0.3) is 0 Å². The van der Waals surface area contributed by atoms with Crippen LogP contribution < -0.4 is 8.39 Å². The number of para-hydroxylation sites is 1. The van der Waals surface area contributed by atoms with E-state index < -0.39 is 28.9 Å². The van der Waals surface area contributed by atoms with Crippen molar-refractivity contribution in [2.75, 3.05) is 5.32 Å². The Hall–Kier alpha value is -0.905. The van der Waals surface area contributed by atoms with Crippen LogP contribution in [0.4, 0.5) is 5.69 Å². The molecule has 3 nitrogen and oxygen atoms in total. The van der Waals surface area contributed by atoms with Crippen molar-refractivity contribution in [2.24, 2.45) is 0 Å². The number of hydrogen-bond donors (Lipinski definition) is 2. The Morgan fingerprint density at radius 1 is 1.18 bits per heavy atom. The quantitative estimate of drug-likeness (QED) is 0.595. The number of aryl methyl sites for hydroxylation is 1. The number of amides is 1. The molecule has 0 heterocycles. The summed E-state index contributed by atoms with van der Waals surface area (Å²) in [4.78, 5) is 12.2. The molecule has 0 radical (unpaired) electrons. The number of aliphatic hydroxyl groups is 1. The molecular weight excluding hydrogens is 486 g/mol. The van der Waals surface area contributed by atoms with Crippen molar-refractivity contribution in [3.63, 3.8) is 0 Å². The van der Waals surface area contributed by atoms with Gasteiger partial charge in [0.05, 0.1) is 0 Å². The van der Waals surface area contributed by atoms with Gasteiger partial charge in [-0.1, -0.05) is 6.07 Å². The van der Waals surface area contributed by atoms with Crippen molar-refractivity contribution >= 4 is 22.9 Å². The zero-order valence-electron chi connectivity index (χ0n) is 12.6. The molecule has 2 rings (SSSR count). The zero-order valence-corrected chi connectivity index (χ0v) is 18.8. The normalized spacial score (nSPS) is 13.0. The summed E-state index contributed by atoms with van der Waals surface area (Å²) in [6.07, 6.45) is 1.02. The van der Waals surface area contributed by atoms with Crippen LogP contribution in [0.5, 0.6) is 0 Å². The van der Waals surface area contributed by atoms with E-state index >= 15 is 0 Å². The molecule has 1 amide bonds. The Bertz CT molecular complexity index is 614. The summed E-state index contributed by atoms with van der Waals surface area (Å²) in [6.45, 7) is 1.55. The minimum atomic E-state index is -1.40. The van der Waals surface area contributed by atoms with Gasteiger partial charge >= 0.3 is 141 Å². The van der Waals surface area contributed by atoms with Crippen molar-refractivity contribution in [2.45, 2.75) is 25.4 Å². The van der Waals surface area contributed by atoms with Crippen LogP contribution in [0.15, 0.2) is 54.6 Å². The van der Waals surface area contributed by atoms with E-state index in [1.54, 1.807) is 19.1 Å². The Morgan fingerprint density at radius 3 is 2.41 bits per heavy atom. The molecule has 0 aromatic heterocycles. The molecule has 0 aliphatic heterocycles. The summed E-state index contributed by atoms with van der Waals surface area (Å²) in [6, 6.07) is 17.3. The molecule has 0 spiro atoms. The van der Waals surface area contributed by atoms with Crippen molar-refractivity contribution in [1.29, 1.82) is 0 Å². The van der Waals surface area contributed by atoms with Crippen LogP contribution >= 0.6 is 8.25 Å². The monoisotopic (exact) mass is 505 g/mol. The van der Waals surface area contributed by atoms with Crippen molar-refractivity contribution < 1.29 is 33.2 Å². The van der Waals surface area contributed by atoms with Gasteiger partial charge in [-0.2, -0.15) is 0 Å². The number of carbonyl (C=O) groups excluding carboxylic acids is 1. The molecule has 0 bridgehead atoms. The van der Waals surface area contributed by atoms with Crippen LogP contribution in [-0.2, 0) is 34.6 Å². The maximum atomic E-state index is 12.2. The molecule has 0 saturated heterocycles. The van der Waals surface area contributed by atoms with Gasteiger partial charge < -0.3 is 0 Å². The van der Waals surface area contributed by atoms with Gasteiger partial charge in [-0.3, -0.25) is 0 Å². The van der Waals surface area contributed by atoms with E-state index in [4.69, 9.17) is 8.25 Å². The molecule has 0 fully saturated rings. The molecule has 0 aliphatic carbocycles. The first-order valence-electron chi connectivity index (χ1n) is 7.24. The third kappa shape index (κ3) is 5.08. The average Bonchev–Trinajstić information content (AvgIpc) is 2.54. The van der Waals surface area contributed by atoms with Gasteiger partial charge in [0.15, 0.2) is 0 Å². The standard InChI is InChI=1S/C17H18NO2.ClH.Hg/c1-17(20,13-12-14-8-4-2-5-9-14)16(19)18-15-10-6-3-7-11-15;;/h3-11,20H,12-13H2,1H3,(H,18,19);1H;/q;;+1/p-1/t17-;;/m0../s1. The molecule has 5 heteroatoms. The van der Waals surface area contributed by atoms with Crippen molar-refractivity contribution in [1.82, 2.24) is 0 Å². The van der Waals surface area contributed by atoms with Gasteiger partial charge in [0.1, 0.15) is 0 Å². The Balaban J connectivity index is 1.93. The Labute approximate surface area is 146 Å². The van der Waals surface area contributed by atoms with E-state index in [1.807, 2.05) is 30.3 Å². The molecule has 112 valence electrons. The fourth-order valence-electron chi connectivity index (χ4n) is 2.08. The number of benzene rings is 2. The van der Waals surface area contributed by atoms with Crippen LogP contribution in [0.2, 0.25) is 0 Å². The summed E-state index contributed by atoms with van der Waals surface area (Å²) in [7, 11) is 5.98. The second-order valence-corrected chi connectivity index (χ2v) is 12.1. The third-order valence-corrected chi connectivity index (χ3v) is 9.34. The van der Waals surface area contributed by atoms with Gasteiger partial charge in [0.2, 0.25) is 0 Å². The second kappa shape index (κ2) is 8.09. The molecule has 22 heavy (non-hydrogen) atoms. The SMILES string of the molecule is C[C@](O)(CCc1cc[c]([Hg][Cl])cc1)C(=O)Nc1ccccc1. The zero-order chi connectivity index (χ0) is 16.0. The average molecular weight is 504 g/mol. The van der Waals surface area contributed by atoms with E-state index in [2.05, 4.69) is 17.4 Å². The van der Waals surface area contributed by atoms with E-state index in [-0.39, 0.29) is 5.91 Å². The van der Waals surface area contributed by atoms with Gasteiger partial charge in [-0.05, 0) is 0 Å². The third-order valence-electron chi connectivity index (χ3n) is 3.60. The van der Waals surface area contributed by atoms with Gasteiger partial charge in [0, 0.05) is 0 Å². The first-order chi connectivity index (χ1) is 10.5. The summed E-state index contributed by atoms with van der Waals surface area (Å²) in [5.41, 5.74) is 0.392. The molecule has 0 unspecified atom stereocenters. The minimum absolute atomic E-state index is 0.371. The predicted molar refractivity (Wildman–Crippen MR) is 85.9 cm³/mol. The fourth-order valence-corrected chi connectivity index (χ4v) is 5.26. The van der Waals surface area contributed by atoms with E-state index in [1.165, 1.54) is 3.07 Å². The Kier molecular flexibility index (Phi) is 6.42. The molecule has 0 aliphatic rings. The van der Waals surface area contributed by atoms with Crippen LogP contribution in [0.25, 0.3) is 0 Å². The summed E-state index contributed by atoms with van der Waals surface area (Å²) in [5.74, 6) is -0.382. The fraction of sp³-hybridized carbons (Fsp3) is 0.235. The van der Waals surface area contributed by atoms with Crippen LogP contribution in [0, 0.1) is 0 Å². The number of rotatable bonds is 6. The topological polar surface area (TPSA) is 49.3 Å². The summed E-state index contributed by atoms with van der Waals surface area (Å²) in [5, 5.41) is 13.1. The number of nitrogens with one attached hydrogen (secondary N) is 1.